The predicted molar refractivity (Wildman–Crippen MR) is 56.8 cm³/mol. The van der Waals surface area contributed by atoms with Crippen LogP contribution in [0.5, 0.6) is 0 Å². The number of aromatic nitrogens is 2. The molecule has 15 heavy (non-hydrogen) atoms. The van der Waals surface area contributed by atoms with Gasteiger partial charge < -0.3 is 9.72 Å². The Balaban J connectivity index is 2.34. The van der Waals surface area contributed by atoms with Crippen LogP contribution in [0.15, 0.2) is 18.2 Å². The van der Waals surface area contributed by atoms with Crippen molar-refractivity contribution in [3.63, 3.8) is 0 Å². The van der Waals surface area contributed by atoms with Crippen LogP contribution in [0.2, 0.25) is 5.02 Å². The van der Waals surface area contributed by atoms with Gasteiger partial charge >= 0.3 is 5.97 Å². The molecule has 0 bridgehead atoms. The van der Waals surface area contributed by atoms with Gasteiger partial charge in [-0.15, -0.1) is 0 Å². The first kappa shape index (κ1) is 9.98. The molecule has 2 rings (SSSR count). The summed E-state index contributed by atoms with van der Waals surface area (Å²) >= 11 is 5.82. The molecule has 0 aliphatic heterocycles. The number of aromatic amines is 1. The van der Waals surface area contributed by atoms with Gasteiger partial charge in [-0.2, -0.15) is 0 Å². The Morgan fingerprint density at radius 3 is 3.13 bits per heavy atom. The molecule has 4 nitrogen and oxygen atoms in total. The number of hydrogen-bond donors (Lipinski definition) is 1. The molecule has 1 heterocycles. The fourth-order valence-electron chi connectivity index (χ4n) is 1.33. The Morgan fingerprint density at radius 2 is 2.40 bits per heavy atom. The van der Waals surface area contributed by atoms with Crippen molar-refractivity contribution in [2.24, 2.45) is 0 Å². The number of nitrogens with one attached hydrogen (secondary N) is 1. The second-order valence-electron chi connectivity index (χ2n) is 3.10. The van der Waals surface area contributed by atoms with Crippen LogP contribution in [0.25, 0.3) is 11.0 Å². The number of halogens is 1. The van der Waals surface area contributed by atoms with Gasteiger partial charge in [0, 0.05) is 5.02 Å². The molecule has 2 aromatic rings. The van der Waals surface area contributed by atoms with E-state index in [1.165, 1.54) is 7.11 Å². The molecule has 0 aliphatic rings. The lowest BCUT2D eigenvalue weighted by Crippen LogP contribution is -2.05. The zero-order chi connectivity index (χ0) is 10.8. The molecule has 78 valence electrons. The number of benzene rings is 1. The van der Waals surface area contributed by atoms with Crippen molar-refractivity contribution >= 4 is 28.6 Å². The standard InChI is InChI=1S/C10H9ClN2O2/c1-15-10(14)5-9-12-7-3-2-6(11)4-8(7)13-9/h2-4H,5H2,1H3,(H,12,13). The molecular formula is C10H9ClN2O2. The number of H-pyrrole nitrogens is 1. The maximum absolute atomic E-state index is 11.0. The van der Waals surface area contributed by atoms with Crippen molar-refractivity contribution in [3.05, 3.63) is 29.0 Å². The number of carbonyl (C=O) groups excluding carboxylic acids is 1. The van der Waals surface area contributed by atoms with Crippen molar-refractivity contribution in [2.45, 2.75) is 6.42 Å². The fourth-order valence-corrected chi connectivity index (χ4v) is 1.50. The van der Waals surface area contributed by atoms with Gasteiger partial charge in [-0.3, -0.25) is 4.79 Å². The number of fused-ring (bicyclic) bond motifs is 1. The molecule has 1 N–H and O–H groups in total. The molecule has 0 saturated heterocycles. The van der Waals surface area contributed by atoms with Crippen LogP contribution in [0, 0.1) is 0 Å². The summed E-state index contributed by atoms with van der Waals surface area (Å²) in [5, 5.41) is 0.635. The quantitative estimate of drug-likeness (QED) is 0.793. The minimum absolute atomic E-state index is 0.142. The smallest absolute Gasteiger partial charge is 0.313 e. The van der Waals surface area contributed by atoms with Crippen LogP contribution < -0.4 is 0 Å². The van der Waals surface area contributed by atoms with Gasteiger partial charge in [0.2, 0.25) is 0 Å². The second kappa shape index (κ2) is 3.90. The van der Waals surface area contributed by atoms with Crippen LogP contribution in [-0.2, 0) is 16.0 Å². The highest BCUT2D eigenvalue weighted by Gasteiger charge is 2.07. The summed E-state index contributed by atoms with van der Waals surface area (Å²) in [5.74, 6) is 0.263. The van der Waals surface area contributed by atoms with Gasteiger partial charge in [-0.25, -0.2) is 4.98 Å². The SMILES string of the molecule is COC(=O)Cc1nc2ccc(Cl)cc2[nH]1. The van der Waals surface area contributed by atoms with Crippen molar-refractivity contribution in [1.82, 2.24) is 9.97 Å². The van der Waals surface area contributed by atoms with Crippen LogP contribution >= 0.6 is 11.6 Å². The molecule has 0 aliphatic carbocycles. The van der Waals surface area contributed by atoms with E-state index in [1.54, 1.807) is 18.2 Å². The summed E-state index contributed by atoms with van der Waals surface area (Å²) < 4.78 is 4.55. The molecule has 0 fully saturated rings. The van der Waals surface area contributed by atoms with Gasteiger partial charge in [-0.05, 0) is 18.2 Å². The monoisotopic (exact) mass is 224 g/mol. The van der Waals surface area contributed by atoms with E-state index in [9.17, 15) is 4.79 Å². The fraction of sp³-hybridized carbons (Fsp3) is 0.200. The van der Waals surface area contributed by atoms with Crippen molar-refractivity contribution in [1.29, 1.82) is 0 Å². The largest absolute Gasteiger partial charge is 0.469 e. The summed E-state index contributed by atoms with van der Waals surface area (Å²) in [6.07, 6.45) is 0.142. The van der Waals surface area contributed by atoms with Crippen LogP contribution in [0.3, 0.4) is 0 Å². The van der Waals surface area contributed by atoms with E-state index in [0.717, 1.165) is 11.0 Å². The molecule has 0 amide bonds. The highest BCUT2D eigenvalue weighted by atomic mass is 35.5. The molecule has 0 spiro atoms. The number of nitrogens with zero attached hydrogens (tertiary/aromatic N) is 1. The van der Waals surface area contributed by atoms with Gasteiger partial charge in [0.1, 0.15) is 12.2 Å². The minimum atomic E-state index is -0.319. The van der Waals surface area contributed by atoms with Crippen molar-refractivity contribution in [3.8, 4) is 0 Å². The summed E-state index contributed by atoms with van der Waals surface area (Å²) in [7, 11) is 1.35. The normalized spacial score (nSPS) is 10.5. The maximum Gasteiger partial charge on any atom is 0.313 e. The number of hydrogen-bond acceptors (Lipinski definition) is 3. The number of carbonyl (C=O) groups is 1. The maximum atomic E-state index is 11.0. The second-order valence-corrected chi connectivity index (χ2v) is 3.53. The zero-order valence-electron chi connectivity index (χ0n) is 8.08. The number of rotatable bonds is 2. The highest BCUT2D eigenvalue weighted by Crippen LogP contribution is 2.17. The zero-order valence-corrected chi connectivity index (χ0v) is 8.84. The molecule has 1 aromatic carbocycles. The van der Waals surface area contributed by atoms with Crippen LogP contribution in [-0.4, -0.2) is 23.0 Å². The Labute approximate surface area is 91.2 Å². The molecule has 0 unspecified atom stereocenters. The van der Waals surface area contributed by atoms with E-state index in [-0.39, 0.29) is 12.4 Å². The molecule has 0 saturated carbocycles. The summed E-state index contributed by atoms with van der Waals surface area (Å²) in [4.78, 5) is 18.2. The van der Waals surface area contributed by atoms with Gasteiger partial charge in [0.05, 0.1) is 18.1 Å². The molecule has 0 atom stereocenters. The number of methoxy groups -OCH3 is 1. The van der Waals surface area contributed by atoms with Crippen molar-refractivity contribution < 1.29 is 9.53 Å². The first-order valence-corrected chi connectivity index (χ1v) is 4.78. The summed E-state index contributed by atoms with van der Waals surface area (Å²) in [6, 6.07) is 5.33. The molecular weight excluding hydrogens is 216 g/mol. The minimum Gasteiger partial charge on any atom is -0.469 e. The Bertz CT molecular complexity index is 507. The Kier molecular flexibility index (Phi) is 2.60. The number of esters is 1. The van der Waals surface area contributed by atoms with E-state index in [2.05, 4.69) is 14.7 Å². The predicted octanol–water partition coefficient (Wildman–Crippen LogP) is 1.93. The topological polar surface area (TPSA) is 55.0 Å². The molecule has 5 heteroatoms. The van der Waals surface area contributed by atoms with Gasteiger partial charge in [0.25, 0.3) is 0 Å². The van der Waals surface area contributed by atoms with Gasteiger partial charge in [0.15, 0.2) is 0 Å². The van der Waals surface area contributed by atoms with Crippen molar-refractivity contribution in [2.75, 3.05) is 7.11 Å². The van der Waals surface area contributed by atoms with Crippen LogP contribution in [0.1, 0.15) is 5.82 Å². The molecule has 1 aromatic heterocycles. The average molecular weight is 225 g/mol. The first-order chi connectivity index (χ1) is 7.19. The third-order valence-corrected chi connectivity index (χ3v) is 2.27. The van der Waals surface area contributed by atoms with Crippen LogP contribution in [0.4, 0.5) is 0 Å². The van der Waals surface area contributed by atoms with E-state index >= 15 is 0 Å². The third kappa shape index (κ3) is 2.10. The average Bonchev–Trinajstić information content (AvgIpc) is 2.59. The summed E-state index contributed by atoms with van der Waals surface area (Å²) in [6.45, 7) is 0. The summed E-state index contributed by atoms with van der Waals surface area (Å²) in [5.41, 5.74) is 1.61. The van der Waals surface area contributed by atoms with E-state index in [0.29, 0.717) is 10.8 Å². The first-order valence-electron chi connectivity index (χ1n) is 4.40. The number of imidazole rings is 1. The Morgan fingerprint density at radius 1 is 1.60 bits per heavy atom. The van der Waals surface area contributed by atoms with Gasteiger partial charge in [-0.1, -0.05) is 11.6 Å². The van der Waals surface area contributed by atoms with E-state index < -0.39 is 0 Å². The highest BCUT2D eigenvalue weighted by molar-refractivity contribution is 6.31. The lowest BCUT2D eigenvalue weighted by Gasteiger charge is -1.93. The van der Waals surface area contributed by atoms with E-state index in [4.69, 9.17) is 11.6 Å². The number of ether oxygens (including phenoxy) is 1. The van der Waals surface area contributed by atoms with E-state index in [1.807, 2.05) is 0 Å². The Hall–Kier alpha value is -1.55. The third-order valence-electron chi connectivity index (χ3n) is 2.03. The lowest BCUT2D eigenvalue weighted by atomic mass is 10.3. The lowest BCUT2D eigenvalue weighted by molar-refractivity contribution is -0.139. The molecule has 0 radical (unpaired) electrons.